The van der Waals surface area contributed by atoms with Crippen molar-refractivity contribution in [2.75, 3.05) is 13.6 Å². The molecule has 0 aliphatic heterocycles. The van der Waals surface area contributed by atoms with E-state index in [1.165, 1.54) is 18.4 Å². The van der Waals surface area contributed by atoms with Gasteiger partial charge in [0.25, 0.3) is 0 Å². The van der Waals surface area contributed by atoms with Crippen molar-refractivity contribution in [1.82, 2.24) is 5.32 Å². The van der Waals surface area contributed by atoms with Gasteiger partial charge in [-0.1, -0.05) is 37.3 Å². The monoisotopic (exact) mass is 189 g/mol. The minimum Gasteiger partial charge on any atom is -0.319 e. The Morgan fingerprint density at radius 2 is 1.93 bits per heavy atom. The van der Waals surface area contributed by atoms with Crippen LogP contribution in [0.5, 0.6) is 0 Å². The molecular weight excluding hydrogens is 170 g/mol. The van der Waals surface area contributed by atoms with Gasteiger partial charge in [-0.25, -0.2) is 0 Å². The van der Waals surface area contributed by atoms with Crippen LogP contribution in [0.3, 0.4) is 0 Å². The van der Waals surface area contributed by atoms with Crippen LogP contribution in [0, 0.1) is 5.92 Å². The summed E-state index contributed by atoms with van der Waals surface area (Å²) in [6.07, 6.45) is 2.66. The number of benzene rings is 1. The summed E-state index contributed by atoms with van der Waals surface area (Å²) in [6.45, 7) is 3.46. The Hall–Kier alpha value is -0.820. The first-order chi connectivity index (χ1) is 6.77. The van der Waals surface area contributed by atoms with Gasteiger partial charge in [-0.05, 0) is 31.4 Å². The lowest BCUT2D eigenvalue weighted by molar-refractivity contribution is 0.155. The van der Waals surface area contributed by atoms with Gasteiger partial charge in [0, 0.05) is 12.0 Å². The van der Waals surface area contributed by atoms with E-state index in [4.69, 9.17) is 0 Å². The SMILES string of the molecule is CNCC1(c2ccccc2)CC(C)C1. The highest BCUT2D eigenvalue weighted by Gasteiger charge is 2.42. The Morgan fingerprint density at radius 3 is 2.43 bits per heavy atom. The highest BCUT2D eigenvalue weighted by molar-refractivity contribution is 5.29. The zero-order valence-corrected chi connectivity index (χ0v) is 9.09. The molecule has 14 heavy (non-hydrogen) atoms. The van der Waals surface area contributed by atoms with E-state index in [1.54, 1.807) is 0 Å². The third-order valence-electron chi connectivity index (χ3n) is 3.38. The number of rotatable bonds is 3. The fourth-order valence-corrected chi connectivity index (χ4v) is 2.89. The predicted octanol–water partition coefficient (Wildman–Crippen LogP) is 2.57. The van der Waals surface area contributed by atoms with Gasteiger partial charge in [0.05, 0.1) is 0 Å². The van der Waals surface area contributed by atoms with Gasteiger partial charge in [0.15, 0.2) is 0 Å². The molecule has 1 nitrogen and oxygen atoms in total. The smallest absolute Gasteiger partial charge is 0.00827 e. The van der Waals surface area contributed by atoms with Crippen LogP contribution in [0.1, 0.15) is 25.3 Å². The van der Waals surface area contributed by atoms with E-state index in [0.717, 1.165) is 12.5 Å². The van der Waals surface area contributed by atoms with Crippen LogP contribution in [0.25, 0.3) is 0 Å². The Morgan fingerprint density at radius 1 is 1.29 bits per heavy atom. The lowest BCUT2D eigenvalue weighted by Crippen LogP contribution is -2.47. The molecule has 0 aromatic heterocycles. The summed E-state index contributed by atoms with van der Waals surface area (Å²) in [7, 11) is 2.05. The van der Waals surface area contributed by atoms with Crippen LogP contribution < -0.4 is 5.32 Å². The Bertz CT molecular complexity index is 280. The standard InChI is InChI=1S/C13H19N/c1-11-8-13(9-11,10-14-2)12-6-4-3-5-7-12/h3-7,11,14H,8-10H2,1-2H3. The molecule has 1 aromatic carbocycles. The second-order valence-corrected chi connectivity index (χ2v) is 4.69. The predicted molar refractivity (Wildman–Crippen MR) is 60.4 cm³/mol. The van der Waals surface area contributed by atoms with Crippen molar-refractivity contribution in [3.63, 3.8) is 0 Å². The maximum Gasteiger partial charge on any atom is 0.00827 e. The average Bonchev–Trinajstić information content (AvgIpc) is 2.17. The molecule has 1 N–H and O–H groups in total. The third kappa shape index (κ3) is 1.57. The maximum atomic E-state index is 3.33. The molecule has 0 saturated heterocycles. The van der Waals surface area contributed by atoms with E-state index in [2.05, 4.69) is 42.6 Å². The topological polar surface area (TPSA) is 12.0 Å². The van der Waals surface area contributed by atoms with E-state index in [-0.39, 0.29) is 0 Å². The van der Waals surface area contributed by atoms with Crippen LogP contribution in [0.2, 0.25) is 0 Å². The van der Waals surface area contributed by atoms with Crippen molar-refractivity contribution < 1.29 is 0 Å². The number of likely N-dealkylation sites (N-methyl/N-ethyl adjacent to an activating group) is 1. The zero-order chi connectivity index (χ0) is 10.0. The summed E-state index contributed by atoms with van der Waals surface area (Å²) >= 11 is 0. The summed E-state index contributed by atoms with van der Waals surface area (Å²) in [5.74, 6) is 0.892. The minimum atomic E-state index is 0.426. The summed E-state index contributed by atoms with van der Waals surface area (Å²) in [4.78, 5) is 0. The first-order valence-electron chi connectivity index (χ1n) is 5.47. The quantitative estimate of drug-likeness (QED) is 0.770. The first-order valence-corrected chi connectivity index (χ1v) is 5.47. The fourth-order valence-electron chi connectivity index (χ4n) is 2.89. The summed E-state index contributed by atoms with van der Waals surface area (Å²) < 4.78 is 0. The van der Waals surface area contributed by atoms with Crippen LogP contribution in [-0.4, -0.2) is 13.6 Å². The molecule has 2 rings (SSSR count). The normalized spacial score (nSPS) is 31.1. The van der Waals surface area contributed by atoms with Crippen molar-refractivity contribution in [1.29, 1.82) is 0 Å². The number of hydrogen-bond acceptors (Lipinski definition) is 1. The molecule has 1 aromatic rings. The lowest BCUT2D eigenvalue weighted by Gasteiger charge is -2.47. The maximum absolute atomic E-state index is 3.33. The van der Waals surface area contributed by atoms with Crippen molar-refractivity contribution in [3.8, 4) is 0 Å². The van der Waals surface area contributed by atoms with Crippen molar-refractivity contribution >= 4 is 0 Å². The van der Waals surface area contributed by atoms with Crippen LogP contribution in [0.15, 0.2) is 30.3 Å². The van der Waals surface area contributed by atoms with Gasteiger partial charge in [0.2, 0.25) is 0 Å². The molecule has 0 atom stereocenters. The molecule has 0 spiro atoms. The van der Waals surface area contributed by atoms with E-state index in [1.807, 2.05) is 7.05 Å². The summed E-state index contributed by atoms with van der Waals surface area (Å²) in [6, 6.07) is 10.9. The number of nitrogens with one attached hydrogen (secondary N) is 1. The van der Waals surface area contributed by atoms with E-state index in [9.17, 15) is 0 Å². The zero-order valence-electron chi connectivity index (χ0n) is 9.09. The third-order valence-corrected chi connectivity index (χ3v) is 3.38. The molecule has 0 unspecified atom stereocenters. The molecule has 1 saturated carbocycles. The van der Waals surface area contributed by atoms with Gasteiger partial charge in [0.1, 0.15) is 0 Å². The first kappa shape index (κ1) is 9.72. The molecule has 0 heterocycles. The van der Waals surface area contributed by atoms with Crippen molar-refractivity contribution in [3.05, 3.63) is 35.9 Å². The second-order valence-electron chi connectivity index (χ2n) is 4.69. The van der Waals surface area contributed by atoms with Gasteiger partial charge in [-0.3, -0.25) is 0 Å². The molecule has 0 bridgehead atoms. The lowest BCUT2D eigenvalue weighted by atomic mass is 9.59. The van der Waals surface area contributed by atoms with Crippen LogP contribution in [0.4, 0.5) is 0 Å². The molecule has 1 heteroatoms. The fraction of sp³-hybridized carbons (Fsp3) is 0.538. The van der Waals surface area contributed by atoms with Gasteiger partial charge in [-0.15, -0.1) is 0 Å². The van der Waals surface area contributed by atoms with Crippen molar-refractivity contribution in [2.24, 2.45) is 5.92 Å². The molecule has 1 aliphatic carbocycles. The van der Waals surface area contributed by atoms with E-state index in [0.29, 0.717) is 5.41 Å². The van der Waals surface area contributed by atoms with Gasteiger partial charge < -0.3 is 5.32 Å². The molecule has 0 amide bonds. The van der Waals surface area contributed by atoms with Crippen LogP contribution in [-0.2, 0) is 5.41 Å². The number of hydrogen-bond donors (Lipinski definition) is 1. The summed E-state index contributed by atoms with van der Waals surface area (Å²) in [5.41, 5.74) is 1.93. The molecular formula is C13H19N. The van der Waals surface area contributed by atoms with Gasteiger partial charge in [-0.2, -0.15) is 0 Å². The highest BCUT2D eigenvalue weighted by atomic mass is 14.8. The molecule has 1 aliphatic rings. The minimum absolute atomic E-state index is 0.426. The van der Waals surface area contributed by atoms with E-state index < -0.39 is 0 Å². The van der Waals surface area contributed by atoms with Crippen molar-refractivity contribution in [2.45, 2.75) is 25.2 Å². The highest BCUT2D eigenvalue weighted by Crippen LogP contribution is 2.46. The molecule has 0 radical (unpaired) electrons. The molecule has 76 valence electrons. The van der Waals surface area contributed by atoms with E-state index >= 15 is 0 Å². The largest absolute Gasteiger partial charge is 0.319 e. The van der Waals surface area contributed by atoms with Crippen LogP contribution >= 0.6 is 0 Å². The van der Waals surface area contributed by atoms with Gasteiger partial charge >= 0.3 is 0 Å². The summed E-state index contributed by atoms with van der Waals surface area (Å²) in [5, 5.41) is 3.33. The average molecular weight is 189 g/mol. The Kier molecular flexibility index (Phi) is 2.60. The molecule has 1 fully saturated rings. The Balaban J connectivity index is 2.20. The second kappa shape index (κ2) is 3.74. The Labute approximate surface area is 86.5 Å².